The number of amidine groups is 1. The van der Waals surface area contributed by atoms with Crippen LogP contribution in [0, 0.1) is 10.8 Å². The van der Waals surface area contributed by atoms with Gasteiger partial charge in [-0.3, -0.25) is 9.59 Å². The van der Waals surface area contributed by atoms with Crippen molar-refractivity contribution in [2.45, 2.75) is 66.7 Å². The van der Waals surface area contributed by atoms with Crippen molar-refractivity contribution in [2.24, 2.45) is 15.9 Å². The lowest BCUT2D eigenvalue weighted by atomic mass is 9.93. The molecule has 2 amide bonds. The van der Waals surface area contributed by atoms with Crippen molar-refractivity contribution in [1.29, 1.82) is 0 Å². The summed E-state index contributed by atoms with van der Waals surface area (Å²) in [4.78, 5) is 25.6. The molecule has 0 fully saturated rings. The highest BCUT2D eigenvalue weighted by atomic mass is 32.2. The molecule has 0 bridgehead atoms. The number of hydrogen-bond acceptors (Lipinski definition) is 7. The van der Waals surface area contributed by atoms with Crippen molar-refractivity contribution in [3.05, 3.63) is 65.7 Å². The molecule has 0 unspecified atom stereocenters. The van der Waals surface area contributed by atoms with E-state index in [0.717, 1.165) is 17.3 Å². The Morgan fingerprint density at radius 2 is 1.55 bits per heavy atom. The first-order valence-corrected chi connectivity index (χ1v) is 15.8. The third kappa shape index (κ3) is 6.87. The number of thioether (sulfide) groups is 1. The van der Waals surface area contributed by atoms with E-state index in [-0.39, 0.29) is 29.3 Å². The highest BCUT2D eigenvalue weighted by Gasteiger charge is 2.53. The number of carbonyl (C=O) groups is 2. The van der Waals surface area contributed by atoms with Crippen molar-refractivity contribution in [2.75, 3.05) is 17.7 Å². The first kappa shape index (κ1) is 31.6. The van der Waals surface area contributed by atoms with E-state index in [4.69, 9.17) is 0 Å². The topological polar surface area (TPSA) is 111 Å². The number of hydrazone groups is 1. The molecule has 11 heteroatoms. The molecule has 0 spiro atoms. The minimum Gasteiger partial charge on any atom is -0.305 e. The van der Waals surface area contributed by atoms with Crippen LogP contribution in [0.1, 0.15) is 66.5 Å². The molecule has 0 saturated carbocycles. The van der Waals surface area contributed by atoms with Crippen molar-refractivity contribution < 1.29 is 18.0 Å². The van der Waals surface area contributed by atoms with Crippen LogP contribution in [0.2, 0.25) is 0 Å². The number of para-hydroxylation sites is 1. The molecular formula is C29H41N5O4S2. The van der Waals surface area contributed by atoms with E-state index in [9.17, 15) is 18.0 Å². The van der Waals surface area contributed by atoms with Crippen LogP contribution in [-0.4, -0.2) is 47.1 Å². The van der Waals surface area contributed by atoms with Gasteiger partial charge in [0, 0.05) is 10.8 Å². The highest BCUT2D eigenvalue weighted by Crippen LogP contribution is 2.48. The number of anilines is 1. The third-order valence-electron chi connectivity index (χ3n) is 6.46. The van der Waals surface area contributed by atoms with Crippen LogP contribution in [0.25, 0.3) is 0 Å². The van der Waals surface area contributed by atoms with E-state index in [1.807, 2.05) is 61.5 Å². The van der Waals surface area contributed by atoms with Gasteiger partial charge in [0.2, 0.25) is 21.8 Å². The molecule has 1 heterocycles. The van der Waals surface area contributed by atoms with Crippen molar-refractivity contribution in [1.82, 2.24) is 14.7 Å². The number of aryl methyl sites for hydroxylation is 1. The van der Waals surface area contributed by atoms with Gasteiger partial charge in [0.15, 0.2) is 10.0 Å². The maximum Gasteiger partial charge on any atom is 0.249 e. The van der Waals surface area contributed by atoms with E-state index >= 15 is 0 Å². The van der Waals surface area contributed by atoms with E-state index in [1.54, 1.807) is 48.5 Å². The summed E-state index contributed by atoms with van der Waals surface area (Å²) < 4.78 is 28.3. The van der Waals surface area contributed by atoms with Gasteiger partial charge in [-0.05, 0) is 42.3 Å². The largest absolute Gasteiger partial charge is 0.305 e. The molecule has 0 aromatic heterocycles. The minimum atomic E-state index is -3.83. The number of rotatable bonds is 8. The average molecular weight is 588 g/mol. The van der Waals surface area contributed by atoms with E-state index < -0.39 is 25.7 Å². The van der Waals surface area contributed by atoms with Crippen LogP contribution in [-0.2, 0) is 30.9 Å². The van der Waals surface area contributed by atoms with E-state index in [0.29, 0.717) is 17.7 Å². The second-order valence-corrected chi connectivity index (χ2v) is 15.2. The average Bonchev–Trinajstić information content (AvgIpc) is 3.26. The van der Waals surface area contributed by atoms with Crippen molar-refractivity contribution >= 4 is 44.5 Å². The maximum atomic E-state index is 13.9. The zero-order valence-electron chi connectivity index (χ0n) is 24.6. The van der Waals surface area contributed by atoms with Crippen LogP contribution in [0.15, 0.2) is 59.7 Å². The molecule has 1 aliphatic heterocycles. The molecule has 2 aromatic rings. The quantitative estimate of drug-likeness (QED) is 0.414. The Bertz CT molecular complexity index is 1360. The molecule has 0 radical (unpaired) electrons. The van der Waals surface area contributed by atoms with E-state index in [2.05, 4.69) is 15.8 Å². The summed E-state index contributed by atoms with van der Waals surface area (Å²) in [7, 11) is -3.83. The maximum absolute atomic E-state index is 13.9. The zero-order valence-corrected chi connectivity index (χ0v) is 26.2. The second-order valence-electron chi connectivity index (χ2n) is 11.8. The molecule has 9 nitrogen and oxygen atoms in total. The van der Waals surface area contributed by atoms with E-state index in [1.165, 1.54) is 9.42 Å². The summed E-state index contributed by atoms with van der Waals surface area (Å²) >= 11 is 1.16. The number of sulfonamides is 1. The van der Waals surface area contributed by atoms with Crippen LogP contribution in [0.5, 0.6) is 0 Å². The van der Waals surface area contributed by atoms with Gasteiger partial charge < -0.3 is 10.7 Å². The van der Waals surface area contributed by atoms with Gasteiger partial charge in [-0.25, -0.2) is 13.4 Å². The van der Waals surface area contributed by atoms with Gasteiger partial charge in [0.25, 0.3) is 0 Å². The fraction of sp³-hybridized carbons (Fsp3) is 0.483. The zero-order chi connectivity index (χ0) is 29.9. The van der Waals surface area contributed by atoms with Gasteiger partial charge in [-0.15, -0.1) is 9.52 Å². The highest BCUT2D eigenvalue weighted by molar-refractivity contribution is 8.14. The van der Waals surface area contributed by atoms with Crippen molar-refractivity contribution in [3.8, 4) is 0 Å². The summed E-state index contributed by atoms with van der Waals surface area (Å²) in [6.45, 7) is 14.1. The van der Waals surface area contributed by atoms with Crippen LogP contribution in [0.4, 0.5) is 5.69 Å². The second kappa shape index (κ2) is 11.9. The van der Waals surface area contributed by atoms with Crippen LogP contribution in [0.3, 0.4) is 0 Å². The molecular weight excluding hydrogens is 546 g/mol. The predicted octanol–water partition coefficient (Wildman–Crippen LogP) is 5.14. The Hall–Kier alpha value is -2.89. The normalized spacial score (nSPS) is 18.0. The number of hydrazine groups is 1. The lowest BCUT2D eigenvalue weighted by molar-refractivity contribution is -0.143. The standard InChI is InChI=1S/C29H41N5O4S2/c1-9-21-16-14-15-19-23(21)31-33(40(37,38)10-2)20-29(22-17-12-11-13-18-22)34(25(36)28(6,7)8)32-26(39-29)30-24(35)27(3,4)5/h11-19,31H,9-10,20H2,1-8H3,(H,30,32,35)/t29-/m0/s1. The summed E-state index contributed by atoms with van der Waals surface area (Å²) in [6, 6.07) is 16.7. The molecule has 2 N–H and O–H groups in total. The number of nitrogens with zero attached hydrogens (tertiary/aromatic N) is 3. The molecule has 218 valence electrons. The smallest absolute Gasteiger partial charge is 0.249 e. The monoisotopic (exact) mass is 587 g/mol. The minimum absolute atomic E-state index is 0.161. The van der Waals surface area contributed by atoms with Crippen molar-refractivity contribution in [3.63, 3.8) is 0 Å². The first-order valence-electron chi connectivity index (χ1n) is 13.4. The Labute approximate surface area is 242 Å². The molecule has 1 aliphatic rings. The lowest BCUT2D eigenvalue weighted by Crippen LogP contribution is -2.54. The Morgan fingerprint density at radius 1 is 0.950 bits per heavy atom. The van der Waals surface area contributed by atoms with Gasteiger partial charge >= 0.3 is 0 Å². The third-order valence-corrected chi connectivity index (χ3v) is 9.33. The molecule has 40 heavy (non-hydrogen) atoms. The summed E-state index contributed by atoms with van der Waals surface area (Å²) in [5, 5.41) is 9.06. The number of amides is 2. The molecule has 0 saturated heterocycles. The first-order chi connectivity index (χ1) is 18.5. The summed E-state index contributed by atoms with van der Waals surface area (Å²) in [5.41, 5.74) is 3.87. The van der Waals surface area contributed by atoms with Gasteiger partial charge in [0.05, 0.1) is 18.0 Å². The number of nitrogens with one attached hydrogen (secondary N) is 2. The fourth-order valence-corrected chi connectivity index (χ4v) is 6.22. The predicted molar refractivity (Wildman–Crippen MR) is 163 cm³/mol. The van der Waals surface area contributed by atoms with Gasteiger partial charge in [-0.1, -0.05) is 97.0 Å². The summed E-state index contributed by atoms with van der Waals surface area (Å²) in [6.07, 6.45) is 0.697. The van der Waals surface area contributed by atoms with Gasteiger partial charge in [-0.2, -0.15) is 0 Å². The molecule has 1 atom stereocenters. The lowest BCUT2D eigenvalue weighted by Gasteiger charge is -2.41. The summed E-state index contributed by atoms with van der Waals surface area (Å²) in [5.74, 6) is -0.739. The Balaban J connectivity index is 2.21. The SMILES string of the molecule is CCc1ccccc1NN(C[C@@]1(c2ccccc2)SC(NC(=O)C(C)(C)C)=NN1C(=O)C(C)(C)C)S(=O)(=O)CC. The van der Waals surface area contributed by atoms with Crippen LogP contribution < -0.4 is 10.7 Å². The number of carbonyl (C=O) groups excluding carboxylic acids is 2. The number of hydrogen-bond donors (Lipinski definition) is 2. The fourth-order valence-electron chi connectivity index (χ4n) is 3.96. The molecule has 3 rings (SSSR count). The molecule has 2 aromatic carbocycles. The Kier molecular flexibility index (Phi) is 9.43. The Morgan fingerprint density at radius 3 is 2.10 bits per heavy atom. The number of benzene rings is 2. The van der Waals surface area contributed by atoms with Gasteiger partial charge in [0.1, 0.15) is 0 Å². The molecule has 0 aliphatic carbocycles. The van der Waals surface area contributed by atoms with Crippen LogP contribution >= 0.6 is 11.8 Å².